The standard InChI is InChI=1S/C11H11NO2/c13-8-12-11-10(14-11)7-6-9-4-2-1-3-5-9/h1-5,10-11H,6-7H2. The fourth-order valence-electron chi connectivity index (χ4n) is 1.46. The van der Waals surface area contributed by atoms with Crippen LogP contribution in [0, 0.1) is 0 Å². The minimum atomic E-state index is -0.226. The lowest BCUT2D eigenvalue weighted by atomic mass is 10.1. The molecule has 1 aromatic carbocycles. The first kappa shape index (κ1) is 9.13. The van der Waals surface area contributed by atoms with E-state index in [0.29, 0.717) is 0 Å². The molecule has 1 aliphatic rings. The lowest BCUT2D eigenvalue weighted by Gasteiger charge is -1.96. The van der Waals surface area contributed by atoms with Gasteiger partial charge in [-0.2, -0.15) is 4.99 Å². The van der Waals surface area contributed by atoms with Crippen LogP contribution >= 0.6 is 0 Å². The molecule has 2 unspecified atom stereocenters. The number of hydrogen-bond donors (Lipinski definition) is 0. The monoisotopic (exact) mass is 189 g/mol. The first-order chi connectivity index (χ1) is 6.90. The van der Waals surface area contributed by atoms with Crippen LogP contribution in [0.5, 0.6) is 0 Å². The van der Waals surface area contributed by atoms with Crippen molar-refractivity contribution >= 4 is 6.08 Å². The van der Waals surface area contributed by atoms with E-state index in [1.807, 2.05) is 18.2 Å². The maximum atomic E-state index is 9.90. The fraction of sp³-hybridized carbons (Fsp3) is 0.364. The van der Waals surface area contributed by atoms with Crippen LogP contribution in [0.4, 0.5) is 0 Å². The summed E-state index contributed by atoms with van der Waals surface area (Å²) in [4.78, 5) is 13.4. The predicted molar refractivity (Wildman–Crippen MR) is 51.5 cm³/mol. The lowest BCUT2D eigenvalue weighted by Crippen LogP contribution is -1.94. The molecule has 72 valence electrons. The zero-order valence-corrected chi connectivity index (χ0v) is 7.72. The molecule has 1 aliphatic heterocycles. The third-order valence-corrected chi connectivity index (χ3v) is 2.30. The van der Waals surface area contributed by atoms with Gasteiger partial charge in [0, 0.05) is 0 Å². The molecular weight excluding hydrogens is 178 g/mol. The largest absolute Gasteiger partial charge is 0.345 e. The van der Waals surface area contributed by atoms with Gasteiger partial charge in [0.1, 0.15) is 6.10 Å². The van der Waals surface area contributed by atoms with Crippen LogP contribution in [0.2, 0.25) is 0 Å². The molecule has 1 aromatic rings. The summed E-state index contributed by atoms with van der Waals surface area (Å²) in [6, 6.07) is 10.2. The smallest absolute Gasteiger partial charge is 0.237 e. The quantitative estimate of drug-likeness (QED) is 0.411. The van der Waals surface area contributed by atoms with E-state index in [4.69, 9.17) is 4.74 Å². The number of rotatable bonds is 4. The van der Waals surface area contributed by atoms with Gasteiger partial charge in [-0.15, -0.1) is 0 Å². The van der Waals surface area contributed by atoms with Gasteiger partial charge in [-0.1, -0.05) is 30.3 Å². The van der Waals surface area contributed by atoms with Gasteiger partial charge in [-0.05, 0) is 18.4 Å². The first-order valence-electron chi connectivity index (χ1n) is 4.66. The number of aliphatic imine (C=N–C) groups is 1. The molecule has 1 heterocycles. The fourth-order valence-corrected chi connectivity index (χ4v) is 1.46. The van der Waals surface area contributed by atoms with Gasteiger partial charge in [-0.25, -0.2) is 4.79 Å². The molecule has 0 saturated carbocycles. The molecule has 0 radical (unpaired) electrons. The van der Waals surface area contributed by atoms with Crippen molar-refractivity contribution in [2.45, 2.75) is 25.2 Å². The second-order valence-corrected chi connectivity index (χ2v) is 3.31. The van der Waals surface area contributed by atoms with Crippen molar-refractivity contribution in [2.24, 2.45) is 4.99 Å². The van der Waals surface area contributed by atoms with Crippen LogP contribution in [0.15, 0.2) is 35.3 Å². The normalized spacial score (nSPS) is 24.0. The highest BCUT2D eigenvalue weighted by molar-refractivity contribution is 5.34. The first-order valence-corrected chi connectivity index (χ1v) is 4.66. The summed E-state index contributed by atoms with van der Waals surface area (Å²) in [5, 5.41) is 0. The van der Waals surface area contributed by atoms with E-state index >= 15 is 0 Å². The summed E-state index contributed by atoms with van der Waals surface area (Å²) in [5.41, 5.74) is 1.29. The van der Waals surface area contributed by atoms with E-state index in [1.165, 1.54) is 11.6 Å². The van der Waals surface area contributed by atoms with Gasteiger partial charge in [0.15, 0.2) is 6.23 Å². The molecule has 0 amide bonds. The summed E-state index contributed by atoms with van der Waals surface area (Å²) >= 11 is 0. The third kappa shape index (κ3) is 2.28. The molecule has 1 saturated heterocycles. The average Bonchev–Trinajstić information content (AvgIpc) is 2.96. The van der Waals surface area contributed by atoms with E-state index in [2.05, 4.69) is 17.1 Å². The Morgan fingerprint density at radius 2 is 2.14 bits per heavy atom. The Kier molecular flexibility index (Phi) is 2.73. The number of isocyanates is 1. The molecule has 2 rings (SSSR count). The van der Waals surface area contributed by atoms with Gasteiger partial charge >= 0.3 is 0 Å². The minimum Gasteiger partial charge on any atom is -0.345 e. The Hall–Kier alpha value is -1.44. The van der Waals surface area contributed by atoms with Crippen LogP contribution in [-0.2, 0) is 16.0 Å². The Morgan fingerprint density at radius 1 is 1.36 bits per heavy atom. The highest BCUT2D eigenvalue weighted by Crippen LogP contribution is 2.27. The highest BCUT2D eigenvalue weighted by atomic mass is 16.6. The van der Waals surface area contributed by atoms with Crippen molar-refractivity contribution in [1.82, 2.24) is 0 Å². The Labute approximate surface area is 82.4 Å². The lowest BCUT2D eigenvalue weighted by molar-refractivity contribution is 0.366. The third-order valence-electron chi connectivity index (χ3n) is 2.30. The predicted octanol–water partition coefficient (Wildman–Crippen LogP) is 1.68. The number of hydrogen-bond acceptors (Lipinski definition) is 3. The Balaban J connectivity index is 1.77. The summed E-state index contributed by atoms with van der Waals surface area (Å²) in [5.74, 6) is 0. The number of ether oxygens (including phenoxy) is 1. The van der Waals surface area contributed by atoms with Crippen molar-refractivity contribution in [3.8, 4) is 0 Å². The molecule has 2 atom stereocenters. The van der Waals surface area contributed by atoms with Crippen LogP contribution < -0.4 is 0 Å². The molecule has 1 fully saturated rings. The maximum Gasteiger partial charge on any atom is 0.237 e. The van der Waals surface area contributed by atoms with Crippen molar-refractivity contribution in [2.75, 3.05) is 0 Å². The minimum absolute atomic E-state index is 0.122. The molecule has 0 bridgehead atoms. The number of nitrogens with zero attached hydrogens (tertiary/aromatic N) is 1. The average molecular weight is 189 g/mol. The molecule has 0 N–H and O–H groups in total. The number of aryl methyl sites for hydroxylation is 1. The second-order valence-electron chi connectivity index (χ2n) is 3.31. The van der Waals surface area contributed by atoms with E-state index in [1.54, 1.807) is 0 Å². The van der Waals surface area contributed by atoms with Gasteiger partial charge in [-0.3, -0.25) is 0 Å². The number of carbonyl (C=O) groups excluding carboxylic acids is 1. The summed E-state index contributed by atoms with van der Waals surface area (Å²) in [6.07, 6.45) is 3.29. The molecule has 3 heteroatoms. The van der Waals surface area contributed by atoms with E-state index in [0.717, 1.165) is 12.8 Å². The van der Waals surface area contributed by atoms with Gasteiger partial charge in [0.05, 0.1) is 0 Å². The van der Waals surface area contributed by atoms with Gasteiger partial charge in [0.25, 0.3) is 0 Å². The topological polar surface area (TPSA) is 42.0 Å². The zero-order valence-electron chi connectivity index (χ0n) is 7.72. The molecule has 0 spiro atoms. The molecule has 14 heavy (non-hydrogen) atoms. The Bertz CT molecular complexity index is 344. The van der Waals surface area contributed by atoms with Crippen molar-refractivity contribution in [3.63, 3.8) is 0 Å². The summed E-state index contributed by atoms with van der Waals surface area (Å²) < 4.78 is 5.15. The van der Waals surface area contributed by atoms with Crippen LogP contribution in [-0.4, -0.2) is 18.4 Å². The zero-order chi connectivity index (χ0) is 9.80. The Morgan fingerprint density at radius 3 is 2.86 bits per heavy atom. The van der Waals surface area contributed by atoms with Crippen LogP contribution in [0.3, 0.4) is 0 Å². The molecule has 0 aromatic heterocycles. The summed E-state index contributed by atoms with van der Waals surface area (Å²) in [7, 11) is 0. The SMILES string of the molecule is O=C=NC1OC1CCc1ccccc1. The van der Waals surface area contributed by atoms with E-state index in [-0.39, 0.29) is 12.3 Å². The molecule has 3 nitrogen and oxygen atoms in total. The van der Waals surface area contributed by atoms with Crippen LogP contribution in [0.1, 0.15) is 12.0 Å². The van der Waals surface area contributed by atoms with Gasteiger partial charge < -0.3 is 4.74 Å². The maximum absolute atomic E-state index is 9.90. The van der Waals surface area contributed by atoms with Crippen molar-refractivity contribution < 1.29 is 9.53 Å². The summed E-state index contributed by atoms with van der Waals surface area (Å²) in [6.45, 7) is 0. The van der Waals surface area contributed by atoms with E-state index < -0.39 is 0 Å². The highest BCUT2D eigenvalue weighted by Gasteiger charge is 2.38. The van der Waals surface area contributed by atoms with Crippen molar-refractivity contribution in [3.05, 3.63) is 35.9 Å². The van der Waals surface area contributed by atoms with E-state index in [9.17, 15) is 4.79 Å². The molecular formula is C11H11NO2. The van der Waals surface area contributed by atoms with Crippen LogP contribution in [0.25, 0.3) is 0 Å². The second kappa shape index (κ2) is 4.18. The van der Waals surface area contributed by atoms with Gasteiger partial charge in [0.2, 0.25) is 6.08 Å². The number of benzene rings is 1. The van der Waals surface area contributed by atoms with Crippen molar-refractivity contribution in [1.29, 1.82) is 0 Å². The molecule has 0 aliphatic carbocycles. The number of epoxide rings is 1.